The molecule has 0 amide bonds. The van der Waals surface area contributed by atoms with Crippen LogP contribution in [0.25, 0.3) is 0 Å². The van der Waals surface area contributed by atoms with E-state index in [0.29, 0.717) is 12.3 Å². The fourth-order valence-corrected chi connectivity index (χ4v) is 2.62. The molecule has 0 heterocycles. The summed E-state index contributed by atoms with van der Waals surface area (Å²) in [5, 5.41) is 9.38. The number of hydrogen-bond acceptors (Lipinski definition) is 1. The predicted molar refractivity (Wildman–Crippen MR) is 61.7 cm³/mol. The average molecular weight is 210 g/mol. The molecule has 0 radical (unpaired) electrons. The second kappa shape index (κ2) is 4.82. The normalized spacial score (nSPS) is 30.4. The first-order chi connectivity index (χ1) is 7.04. The first-order valence-electron chi connectivity index (χ1n) is 5.94. The van der Waals surface area contributed by atoms with Gasteiger partial charge in [0, 0.05) is 0 Å². The molecule has 1 saturated carbocycles. The lowest BCUT2D eigenvalue weighted by Crippen LogP contribution is -2.28. The van der Waals surface area contributed by atoms with Crippen LogP contribution in [0.2, 0.25) is 0 Å². The highest BCUT2D eigenvalue weighted by molar-refractivity contribution is 5.75. The van der Waals surface area contributed by atoms with E-state index in [0.717, 1.165) is 37.7 Å². The smallest absolute Gasteiger partial charge is 0.309 e. The van der Waals surface area contributed by atoms with Gasteiger partial charge < -0.3 is 5.11 Å². The minimum Gasteiger partial charge on any atom is -0.481 e. The summed E-state index contributed by atoms with van der Waals surface area (Å²) >= 11 is 0. The Hall–Kier alpha value is -0.790. The van der Waals surface area contributed by atoms with E-state index < -0.39 is 11.4 Å². The Morgan fingerprint density at radius 2 is 2.20 bits per heavy atom. The van der Waals surface area contributed by atoms with Crippen LogP contribution < -0.4 is 0 Å². The van der Waals surface area contributed by atoms with Crippen molar-refractivity contribution in [3.05, 3.63) is 12.2 Å². The topological polar surface area (TPSA) is 37.3 Å². The largest absolute Gasteiger partial charge is 0.481 e. The van der Waals surface area contributed by atoms with Crippen molar-refractivity contribution in [3.63, 3.8) is 0 Å². The Labute approximate surface area is 92.4 Å². The minimum absolute atomic E-state index is 0.492. The molecule has 1 N–H and O–H groups in total. The van der Waals surface area contributed by atoms with Crippen molar-refractivity contribution < 1.29 is 9.90 Å². The van der Waals surface area contributed by atoms with Crippen molar-refractivity contribution in [2.45, 2.75) is 52.4 Å². The highest BCUT2D eigenvalue weighted by Gasteiger charge is 2.44. The number of aliphatic carboxylic acids is 1. The molecule has 2 heteroatoms. The van der Waals surface area contributed by atoms with Crippen LogP contribution in [0.5, 0.6) is 0 Å². The third kappa shape index (κ3) is 2.61. The SMILES string of the molecule is C=C(CC)CC1(C(=O)O)CCC(CC)C1. The van der Waals surface area contributed by atoms with Crippen LogP contribution in [0.4, 0.5) is 0 Å². The molecule has 1 rings (SSSR count). The molecule has 2 unspecified atom stereocenters. The summed E-state index contributed by atoms with van der Waals surface area (Å²) in [4.78, 5) is 11.4. The zero-order chi connectivity index (χ0) is 11.5. The summed E-state index contributed by atoms with van der Waals surface area (Å²) < 4.78 is 0. The van der Waals surface area contributed by atoms with Gasteiger partial charge in [-0.05, 0) is 38.0 Å². The van der Waals surface area contributed by atoms with E-state index in [1.165, 1.54) is 0 Å². The molecule has 0 aromatic carbocycles. The second-order valence-corrected chi connectivity index (χ2v) is 4.88. The maximum atomic E-state index is 11.4. The summed E-state index contributed by atoms with van der Waals surface area (Å²) in [7, 11) is 0. The van der Waals surface area contributed by atoms with Gasteiger partial charge in [0.1, 0.15) is 0 Å². The highest BCUT2D eigenvalue weighted by Crippen LogP contribution is 2.47. The number of allylic oxidation sites excluding steroid dienone is 1. The lowest BCUT2D eigenvalue weighted by molar-refractivity contribution is -0.148. The summed E-state index contributed by atoms with van der Waals surface area (Å²) in [6, 6.07) is 0. The molecule has 0 spiro atoms. The van der Waals surface area contributed by atoms with E-state index in [9.17, 15) is 9.90 Å². The minimum atomic E-state index is -0.618. The molecular formula is C13H22O2. The van der Waals surface area contributed by atoms with Gasteiger partial charge in [-0.3, -0.25) is 4.79 Å². The van der Waals surface area contributed by atoms with Gasteiger partial charge in [0.25, 0.3) is 0 Å². The molecule has 2 atom stereocenters. The van der Waals surface area contributed by atoms with Crippen LogP contribution in [0.15, 0.2) is 12.2 Å². The summed E-state index contributed by atoms with van der Waals surface area (Å²) in [5.74, 6) is -0.0150. The van der Waals surface area contributed by atoms with Crippen molar-refractivity contribution >= 4 is 5.97 Å². The van der Waals surface area contributed by atoms with Crippen LogP contribution in [0, 0.1) is 11.3 Å². The Morgan fingerprint density at radius 3 is 2.60 bits per heavy atom. The van der Waals surface area contributed by atoms with Crippen LogP contribution in [0.3, 0.4) is 0 Å². The molecule has 1 aliphatic carbocycles. The van der Waals surface area contributed by atoms with E-state index in [4.69, 9.17) is 0 Å². The number of rotatable bonds is 5. The van der Waals surface area contributed by atoms with Gasteiger partial charge in [0.15, 0.2) is 0 Å². The van der Waals surface area contributed by atoms with Gasteiger partial charge in [-0.2, -0.15) is 0 Å². The summed E-state index contributed by atoms with van der Waals surface area (Å²) in [6.45, 7) is 8.15. The molecule has 1 fully saturated rings. The lowest BCUT2D eigenvalue weighted by atomic mass is 9.79. The highest BCUT2D eigenvalue weighted by atomic mass is 16.4. The molecule has 15 heavy (non-hydrogen) atoms. The van der Waals surface area contributed by atoms with E-state index in [1.54, 1.807) is 0 Å². The van der Waals surface area contributed by atoms with Crippen LogP contribution >= 0.6 is 0 Å². The van der Waals surface area contributed by atoms with E-state index >= 15 is 0 Å². The van der Waals surface area contributed by atoms with Crippen molar-refractivity contribution in [1.29, 1.82) is 0 Å². The van der Waals surface area contributed by atoms with Gasteiger partial charge in [-0.25, -0.2) is 0 Å². The molecular weight excluding hydrogens is 188 g/mol. The Morgan fingerprint density at radius 1 is 1.53 bits per heavy atom. The monoisotopic (exact) mass is 210 g/mol. The van der Waals surface area contributed by atoms with Crippen LogP contribution in [-0.2, 0) is 4.79 Å². The maximum absolute atomic E-state index is 11.4. The van der Waals surface area contributed by atoms with Crippen molar-refractivity contribution in [1.82, 2.24) is 0 Å². The van der Waals surface area contributed by atoms with E-state index in [2.05, 4.69) is 13.5 Å². The Bertz CT molecular complexity index is 257. The zero-order valence-electron chi connectivity index (χ0n) is 9.88. The zero-order valence-corrected chi connectivity index (χ0v) is 9.88. The summed E-state index contributed by atoms with van der Waals surface area (Å²) in [6.07, 6.45) is 5.42. The van der Waals surface area contributed by atoms with Crippen molar-refractivity contribution in [2.24, 2.45) is 11.3 Å². The maximum Gasteiger partial charge on any atom is 0.309 e. The molecule has 86 valence electrons. The van der Waals surface area contributed by atoms with Gasteiger partial charge in [-0.15, -0.1) is 0 Å². The average Bonchev–Trinajstić information content (AvgIpc) is 2.62. The van der Waals surface area contributed by atoms with Crippen molar-refractivity contribution in [3.8, 4) is 0 Å². The van der Waals surface area contributed by atoms with E-state index in [1.807, 2.05) is 6.92 Å². The number of carbonyl (C=O) groups is 1. The molecule has 0 aliphatic heterocycles. The van der Waals surface area contributed by atoms with Crippen molar-refractivity contribution in [2.75, 3.05) is 0 Å². The number of carboxylic acid groups (broad SMARTS) is 1. The molecule has 2 nitrogen and oxygen atoms in total. The lowest BCUT2D eigenvalue weighted by Gasteiger charge is -2.25. The molecule has 0 aromatic rings. The molecule has 1 aliphatic rings. The van der Waals surface area contributed by atoms with Crippen LogP contribution in [0.1, 0.15) is 52.4 Å². The van der Waals surface area contributed by atoms with Gasteiger partial charge in [0.05, 0.1) is 5.41 Å². The first-order valence-corrected chi connectivity index (χ1v) is 5.94. The Balaban J connectivity index is 2.73. The first kappa shape index (κ1) is 12.3. The van der Waals surface area contributed by atoms with E-state index in [-0.39, 0.29) is 0 Å². The quantitative estimate of drug-likeness (QED) is 0.704. The number of carboxylic acids is 1. The second-order valence-electron chi connectivity index (χ2n) is 4.88. The van der Waals surface area contributed by atoms with Gasteiger partial charge >= 0.3 is 5.97 Å². The van der Waals surface area contributed by atoms with Gasteiger partial charge in [0.2, 0.25) is 0 Å². The standard InChI is InChI=1S/C13H22O2/c1-4-10(3)8-13(12(14)15)7-6-11(5-2)9-13/h11H,3-9H2,1-2H3,(H,14,15). The predicted octanol–water partition coefficient (Wildman–Crippen LogP) is 3.62. The van der Waals surface area contributed by atoms with Crippen LogP contribution in [-0.4, -0.2) is 11.1 Å². The molecule has 0 bridgehead atoms. The summed E-state index contributed by atoms with van der Waals surface area (Å²) in [5.41, 5.74) is 0.586. The number of hydrogen-bond donors (Lipinski definition) is 1. The Kier molecular flexibility index (Phi) is 3.95. The third-order valence-electron chi connectivity index (χ3n) is 3.83. The molecule has 0 aromatic heterocycles. The third-order valence-corrected chi connectivity index (χ3v) is 3.83. The molecule has 0 saturated heterocycles. The fraction of sp³-hybridized carbons (Fsp3) is 0.769. The fourth-order valence-electron chi connectivity index (χ4n) is 2.62. The van der Waals surface area contributed by atoms with Gasteiger partial charge in [-0.1, -0.05) is 32.4 Å².